The van der Waals surface area contributed by atoms with Crippen LogP contribution in [0.2, 0.25) is 0 Å². The van der Waals surface area contributed by atoms with Gasteiger partial charge in [0.05, 0.1) is 5.69 Å². The fourth-order valence-corrected chi connectivity index (χ4v) is 2.39. The van der Waals surface area contributed by atoms with Gasteiger partial charge in [-0.2, -0.15) is 0 Å². The van der Waals surface area contributed by atoms with Crippen molar-refractivity contribution < 1.29 is 4.74 Å². The molecule has 0 aliphatic heterocycles. The van der Waals surface area contributed by atoms with Gasteiger partial charge < -0.3 is 15.0 Å². The van der Waals surface area contributed by atoms with E-state index >= 15 is 0 Å². The van der Waals surface area contributed by atoms with Gasteiger partial charge in [0.2, 0.25) is 0 Å². The Morgan fingerprint density at radius 2 is 2.24 bits per heavy atom. The summed E-state index contributed by atoms with van der Waals surface area (Å²) >= 11 is 0. The average molecular weight is 346 g/mol. The molecule has 0 amide bonds. The monoisotopic (exact) mass is 346 g/mol. The average Bonchev–Trinajstić information content (AvgIpc) is 2.62. The maximum Gasteiger partial charge on any atom is 0.135 e. The second kappa shape index (κ2) is 11.3. The Labute approximate surface area is 150 Å². The Morgan fingerprint density at radius 3 is 2.88 bits per heavy atom. The molecule has 7 nitrogen and oxygen atoms in total. The van der Waals surface area contributed by atoms with E-state index in [1.807, 2.05) is 27.1 Å². The summed E-state index contributed by atoms with van der Waals surface area (Å²) in [4.78, 5) is 15.0. The van der Waals surface area contributed by atoms with Crippen LogP contribution in [0.1, 0.15) is 31.5 Å². The molecule has 1 unspecified atom stereocenters. The van der Waals surface area contributed by atoms with E-state index in [0.29, 0.717) is 12.5 Å². The van der Waals surface area contributed by atoms with Crippen LogP contribution < -0.4 is 10.2 Å². The van der Waals surface area contributed by atoms with Gasteiger partial charge in [0.1, 0.15) is 18.5 Å². The molecule has 1 rings (SSSR count). The van der Waals surface area contributed by atoms with Crippen LogP contribution in [0.25, 0.3) is 0 Å². The van der Waals surface area contributed by atoms with E-state index in [-0.39, 0.29) is 0 Å². The normalized spacial score (nSPS) is 13.1. The molecular weight excluding hydrogens is 316 g/mol. The number of nitrogens with zero attached hydrogens (tertiary/aromatic N) is 4. The predicted molar refractivity (Wildman–Crippen MR) is 104 cm³/mol. The van der Waals surface area contributed by atoms with Gasteiger partial charge in [0.15, 0.2) is 0 Å². The van der Waals surface area contributed by atoms with Crippen molar-refractivity contribution in [1.82, 2.24) is 15.3 Å². The molecule has 2 N–H and O–H groups in total. The van der Waals surface area contributed by atoms with Crippen molar-refractivity contribution in [2.75, 3.05) is 32.2 Å². The number of nitrogens with one attached hydrogen (secondary N) is 2. The molecule has 7 heteroatoms. The molecule has 0 aromatic carbocycles. The van der Waals surface area contributed by atoms with Crippen molar-refractivity contribution in [2.24, 2.45) is 4.99 Å². The summed E-state index contributed by atoms with van der Waals surface area (Å²) in [6, 6.07) is 0.317. The minimum atomic E-state index is 0.317. The summed E-state index contributed by atoms with van der Waals surface area (Å²) in [5, 5.41) is 10.3. The molecule has 0 radical (unpaired) electrons. The van der Waals surface area contributed by atoms with Crippen LogP contribution in [0, 0.1) is 12.3 Å². The minimum absolute atomic E-state index is 0.317. The van der Waals surface area contributed by atoms with Gasteiger partial charge in [-0.25, -0.2) is 15.0 Å². The van der Waals surface area contributed by atoms with E-state index in [0.717, 1.165) is 48.6 Å². The van der Waals surface area contributed by atoms with E-state index in [2.05, 4.69) is 32.1 Å². The highest BCUT2D eigenvalue weighted by atomic mass is 16.5. The Morgan fingerprint density at radius 1 is 1.48 bits per heavy atom. The number of rotatable bonds is 11. The van der Waals surface area contributed by atoms with E-state index in [9.17, 15) is 0 Å². The maximum absolute atomic E-state index is 7.07. The first kappa shape index (κ1) is 20.8. The molecule has 1 heterocycles. The lowest BCUT2D eigenvalue weighted by Crippen LogP contribution is -2.31. The molecule has 25 heavy (non-hydrogen) atoms. The lowest BCUT2D eigenvalue weighted by atomic mass is 10.1. The fraction of sp³-hybridized carbons (Fsp3) is 0.556. The molecule has 1 aromatic rings. The molecule has 0 aliphatic rings. The van der Waals surface area contributed by atoms with Gasteiger partial charge in [-0.15, -0.1) is 0 Å². The lowest BCUT2D eigenvalue weighted by molar-refractivity contribution is 0.189. The molecule has 0 fully saturated rings. The number of aliphatic imine (C=N–C) groups is 1. The van der Waals surface area contributed by atoms with Crippen molar-refractivity contribution in [3.05, 3.63) is 29.4 Å². The highest BCUT2D eigenvalue weighted by Crippen LogP contribution is 2.22. The van der Waals surface area contributed by atoms with Crippen LogP contribution >= 0.6 is 0 Å². The molecule has 1 atom stereocenters. The highest BCUT2D eigenvalue weighted by Gasteiger charge is 2.16. The summed E-state index contributed by atoms with van der Waals surface area (Å²) < 4.78 is 5.17. The third-order valence-corrected chi connectivity index (χ3v) is 4.07. The fourth-order valence-electron chi connectivity index (χ4n) is 2.39. The second-order valence-electron chi connectivity index (χ2n) is 5.87. The summed E-state index contributed by atoms with van der Waals surface area (Å²) in [7, 11) is 3.76. The minimum Gasteiger partial charge on any atom is -0.391 e. The first-order valence-electron chi connectivity index (χ1n) is 8.51. The number of aromatic nitrogens is 2. The van der Waals surface area contributed by atoms with Crippen LogP contribution in [-0.2, 0) is 11.2 Å². The maximum atomic E-state index is 7.07. The number of hydrogen-bond acceptors (Lipinski definition) is 6. The van der Waals surface area contributed by atoms with Crippen molar-refractivity contribution in [1.29, 1.82) is 5.41 Å². The zero-order valence-corrected chi connectivity index (χ0v) is 15.9. The number of anilines is 1. The molecule has 0 aliphatic carbocycles. The van der Waals surface area contributed by atoms with Gasteiger partial charge in [0, 0.05) is 57.7 Å². The quantitative estimate of drug-likeness (QED) is 0.474. The Balaban J connectivity index is 3.01. The zero-order chi connectivity index (χ0) is 18.7. The van der Waals surface area contributed by atoms with Crippen molar-refractivity contribution in [3.8, 4) is 0 Å². The van der Waals surface area contributed by atoms with Gasteiger partial charge >= 0.3 is 0 Å². The number of hydrogen-bond donors (Lipinski definition) is 2. The molecular formula is C18H30N6O. The molecule has 0 bridgehead atoms. The van der Waals surface area contributed by atoms with E-state index < -0.39 is 0 Å². The van der Waals surface area contributed by atoms with E-state index in [1.165, 1.54) is 0 Å². The molecule has 0 saturated heterocycles. The van der Waals surface area contributed by atoms with Crippen LogP contribution in [0.15, 0.2) is 23.1 Å². The first-order valence-corrected chi connectivity index (χ1v) is 8.51. The predicted octanol–water partition coefficient (Wildman–Crippen LogP) is 2.36. The molecule has 1 aromatic heterocycles. The van der Waals surface area contributed by atoms with Crippen LogP contribution in [0.3, 0.4) is 0 Å². The van der Waals surface area contributed by atoms with Gasteiger partial charge in [0.25, 0.3) is 0 Å². The van der Waals surface area contributed by atoms with Crippen LogP contribution in [0.4, 0.5) is 5.82 Å². The van der Waals surface area contributed by atoms with E-state index in [1.54, 1.807) is 19.7 Å². The van der Waals surface area contributed by atoms with Crippen molar-refractivity contribution in [2.45, 2.75) is 39.7 Å². The molecule has 0 spiro atoms. The second-order valence-corrected chi connectivity index (χ2v) is 5.87. The Bertz CT molecular complexity index is 599. The smallest absolute Gasteiger partial charge is 0.135 e. The van der Waals surface area contributed by atoms with Crippen LogP contribution in [0.5, 0.6) is 0 Å². The topological polar surface area (TPSA) is 86.5 Å². The van der Waals surface area contributed by atoms with Crippen LogP contribution in [-0.4, -0.2) is 55.9 Å². The van der Waals surface area contributed by atoms with Crippen molar-refractivity contribution >= 4 is 18.4 Å². The molecule has 0 saturated carbocycles. The van der Waals surface area contributed by atoms with E-state index in [4.69, 9.17) is 10.1 Å². The third-order valence-electron chi connectivity index (χ3n) is 4.07. The zero-order valence-electron chi connectivity index (χ0n) is 15.9. The Kier molecular flexibility index (Phi) is 9.39. The highest BCUT2D eigenvalue weighted by molar-refractivity contribution is 5.84. The number of methoxy groups -OCH3 is 1. The summed E-state index contributed by atoms with van der Waals surface area (Å²) in [5.41, 5.74) is 2.98. The van der Waals surface area contributed by atoms with Gasteiger partial charge in [-0.1, -0.05) is 0 Å². The first-order chi connectivity index (χ1) is 12.0. The summed E-state index contributed by atoms with van der Waals surface area (Å²) in [6.07, 6.45) is 7.80. The van der Waals surface area contributed by atoms with Gasteiger partial charge in [-0.05, 0) is 32.8 Å². The summed E-state index contributed by atoms with van der Waals surface area (Å²) in [5.74, 6) is 0.931. The third kappa shape index (κ3) is 6.62. The lowest BCUT2D eigenvalue weighted by Gasteiger charge is -2.27. The van der Waals surface area contributed by atoms with Gasteiger partial charge in [-0.3, -0.25) is 5.41 Å². The summed E-state index contributed by atoms with van der Waals surface area (Å²) in [6.45, 7) is 7.79. The Hall–Kier alpha value is -2.28. The number of ether oxygens (including phenoxy) is 1. The molecule has 138 valence electrons. The number of allylic oxidation sites excluding steroid dienone is 1. The largest absolute Gasteiger partial charge is 0.391 e. The van der Waals surface area contributed by atoms with Crippen molar-refractivity contribution in [3.63, 3.8) is 0 Å². The standard InChI is InChI=1S/C18H30N6O/c1-6-20-10-16(11-21-12-19)9-17-15(3)18(23-13-22-17)24(4)14(2)7-8-25-5/h10-14,19-20H,6-9H2,1-5H3/b16-10+,19-12?,21-11-. The SMILES string of the molecule is CCN/C=C(/C=N\C=N)Cc1ncnc(N(C)C(C)CCOC)c1C.